The fourth-order valence-electron chi connectivity index (χ4n) is 3.54. The fourth-order valence-corrected chi connectivity index (χ4v) is 5.03. The minimum Gasteiger partial charge on any atom is -0.373 e. The largest absolute Gasteiger partial charge is 0.373 e. The molecule has 148 valence electrons. The van der Waals surface area contributed by atoms with Crippen molar-refractivity contribution in [2.45, 2.75) is 46.4 Å². The lowest BCUT2D eigenvalue weighted by Gasteiger charge is -2.36. The normalized spacial score (nSPS) is 21.7. The zero-order valence-electron chi connectivity index (χ0n) is 16.6. The van der Waals surface area contributed by atoms with Crippen LogP contribution >= 0.6 is 0 Å². The molecule has 0 amide bonds. The van der Waals surface area contributed by atoms with Crippen LogP contribution in [0.5, 0.6) is 0 Å². The number of nitrogens with zero attached hydrogens (tertiary/aromatic N) is 4. The van der Waals surface area contributed by atoms with Crippen molar-refractivity contribution in [1.82, 2.24) is 18.4 Å². The van der Waals surface area contributed by atoms with Crippen LogP contribution in [0.4, 0.5) is 0 Å². The van der Waals surface area contributed by atoms with Crippen LogP contribution in [0.25, 0.3) is 5.69 Å². The van der Waals surface area contributed by atoms with E-state index in [9.17, 15) is 8.42 Å². The molecule has 0 aliphatic carbocycles. The van der Waals surface area contributed by atoms with Crippen LogP contribution < -0.4 is 0 Å². The molecule has 1 fully saturated rings. The summed E-state index contributed by atoms with van der Waals surface area (Å²) in [4.78, 5) is 0. The molecule has 3 rings (SSSR count). The summed E-state index contributed by atoms with van der Waals surface area (Å²) in [6.07, 6.45) is -0.220. The number of aromatic nitrogens is 2. The van der Waals surface area contributed by atoms with E-state index in [0.717, 1.165) is 22.6 Å². The summed E-state index contributed by atoms with van der Waals surface area (Å²) < 4.78 is 36.5. The Balaban J connectivity index is 1.84. The maximum Gasteiger partial charge on any atom is 0.282 e. The van der Waals surface area contributed by atoms with E-state index in [2.05, 4.69) is 5.10 Å². The molecule has 2 atom stereocenters. The van der Waals surface area contributed by atoms with Gasteiger partial charge in [-0.1, -0.05) is 18.2 Å². The van der Waals surface area contributed by atoms with Crippen LogP contribution in [0.3, 0.4) is 0 Å². The molecule has 2 heterocycles. The van der Waals surface area contributed by atoms with E-state index in [1.165, 1.54) is 8.61 Å². The number of benzene rings is 1. The highest BCUT2D eigenvalue weighted by Gasteiger charge is 2.34. The van der Waals surface area contributed by atoms with Crippen LogP contribution in [0.2, 0.25) is 0 Å². The van der Waals surface area contributed by atoms with Crippen molar-refractivity contribution in [3.8, 4) is 5.69 Å². The number of ether oxygens (including phenoxy) is 1. The monoisotopic (exact) mass is 392 g/mol. The van der Waals surface area contributed by atoms with Crippen molar-refractivity contribution in [1.29, 1.82) is 0 Å². The van der Waals surface area contributed by atoms with Gasteiger partial charge in [0, 0.05) is 37.9 Å². The number of rotatable bonds is 5. The molecular formula is C19H28N4O3S. The van der Waals surface area contributed by atoms with Crippen LogP contribution in [-0.4, -0.2) is 59.2 Å². The zero-order valence-corrected chi connectivity index (χ0v) is 17.4. The van der Waals surface area contributed by atoms with Gasteiger partial charge in [-0.05, 0) is 39.8 Å². The lowest BCUT2D eigenvalue weighted by molar-refractivity contribution is -0.0453. The molecule has 0 saturated carbocycles. The first-order valence-corrected chi connectivity index (χ1v) is 10.6. The Bertz CT molecular complexity index is 885. The van der Waals surface area contributed by atoms with E-state index in [-0.39, 0.29) is 18.8 Å². The van der Waals surface area contributed by atoms with Gasteiger partial charge >= 0.3 is 0 Å². The van der Waals surface area contributed by atoms with E-state index >= 15 is 0 Å². The minimum absolute atomic E-state index is 0.110. The van der Waals surface area contributed by atoms with Gasteiger partial charge in [0.05, 0.1) is 23.6 Å². The highest BCUT2D eigenvalue weighted by atomic mass is 32.2. The number of para-hydroxylation sites is 1. The summed E-state index contributed by atoms with van der Waals surface area (Å²) in [5.41, 5.74) is 3.68. The van der Waals surface area contributed by atoms with Crippen molar-refractivity contribution in [3.63, 3.8) is 0 Å². The van der Waals surface area contributed by atoms with Crippen molar-refractivity contribution in [2.24, 2.45) is 0 Å². The van der Waals surface area contributed by atoms with E-state index in [0.29, 0.717) is 13.1 Å². The minimum atomic E-state index is -3.57. The Labute approximate surface area is 161 Å². The van der Waals surface area contributed by atoms with Gasteiger partial charge in [0.25, 0.3) is 10.2 Å². The Morgan fingerprint density at radius 3 is 2.33 bits per heavy atom. The maximum atomic E-state index is 13.0. The molecule has 0 spiro atoms. The quantitative estimate of drug-likeness (QED) is 0.783. The van der Waals surface area contributed by atoms with E-state index in [4.69, 9.17) is 4.74 Å². The maximum absolute atomic E-state index is 13.0. The first kappa shape index (κ1) is 20.0. The van der Waals surface area contributed by atoms with Gasteiger partial charge in [-0.25, -0.2) is 4.68 Å². The van der Waals surface area contributed by atoms with Gasteiger partial charge in [-0.15, -0.1) is 0 Å². The van der Waals surface area contributed by atoms with Gasteiger partial charge in [0.15, 0.2) is 0 Å². The SMILES string of the molecule is Cc1nn(-c2ccccc2)c(C)c1CN(C)S(=O)(=O)N1C[C@@H](C)O[C@H](C)C1. The summed E-state index contributed by atoms with van der Waals surface area (Å²) in [6, 6.07) is 9.85. The summed E-state index contributed by atoms with van der Waals surface area (Å²) in [5.74, 6) is 0. The predicted octanol–water partition coefficient (Wildman–Crippen LogP) is 2.27. The molecule has 0 bridgehead atoms. The van der Waals surface area contributed by atoms with Crippen molar-refractivity contribution in [2.75, 3.05) is 20.1 Å². The smallest absolute Gasteiger partial charge is 0.282 e. The molecule has 1 saturated heterocycles. The van der Waals surface area contributed by atoms with Gasteiger partial charge in [-0.3, -0.25) is 0 Å². The molecule has 1 aromatic carbocycles. The third kappa shape index (κ3) is 4.08. The average Bonchev–Trinajstić information content (AvgIpc) is 2.89. The second kappa shape index (κ2) is 7.71. The highest BCUT2D eigenvalue weighted by Crippen LogP contribution is 2.22. The molecule has 1 aliphatic heterocycles. The third-order valence-electron chi connectivity index (χ3n) is 4.93. The summed E-state index contributed by atoms with van der Waals surface area (Å²) >= 11 is 0. The van der Waals surface area contributed by atoms with Crippen LogP contribution in [-0.2, 0) is 21.5 Å². The molecule has 0 N–H and O–H groups in total. The Hall–Kier alpha value is -1.74. The number of hydrogen-bond acceptors (Lipinski definition) is 4. The Morgan fingerprint density at radius 1 is 1.15 bits per heavy atom. The van der Waals surface area contributed by atoms with Gasteiger partial charge in [0.1, 0.15) is 0 Å². The first-order valence-electron chi connectivity index (χ1n) is 9.17. The third-order valence-corrected chi connectivity index (χ3v) is 6.80. The van der Waals surface area contributed by atoms with Crippen LogP contribution in [0.15, 0.2) is 30.3 Å². The summed E-state index contributed by atoms with van der Waals surface area (Å²) in [6.45, 7) is 8.72. The lowest BCUT2D eigenvalue weighted by Crippen LogP contribution is -2.52. The lowest BCUT2D eigenvalue weighted by atomic mass is 10.2. The van der Waals surface area contributed by atoms with Crippen LogP contribution in [0, 0.1) is 13.8 Å². The molecule has 1 aromatic heterocycles. The predicted molar refractivity (Wildman–Crippen MR) is 105 cm³/mol. The average molecular weight is 393 g/mol. The Morgan fingerprint density at radius 2 is 1.74 bits per heavy atom. The molecule has 0 radical (unpaired) electrons. The Kier molecular flexibility index (Phi) is 5.71. The number of aryl methyl sites for hydroxylation is 1. The highest BCUT2D eigenvalue weighted by molar-refractivity contribution is 7.86. The molecule has 8 heteroatoms. The van der Waals surface area contributed by atoms with Crippen molar-refractivity contribution in [3.05, 3.63) is 47.3 Å². The molecule has 2 aromatic rings. The topological polar surface area (TPSA) is 67.7 Å². The summed E-state index contributed by atoms with van der Waals surface area (Å²) in [7, 11) is -1.94. The van der Waals surface area contributed by atoms with Gasteiger partial charge in [-0.2, -0.15) is 22.1 Å². The number of hydrogen-bond donors (Lipinski definition) is 0. The number of morpholine rings is 1. The van der Waals surface area contributed by atoms with E-state index in [1.54, 1.807) is 7.05 Å². The second-order valence-electron chi connectivity index (χ2n) is 7.23. The van der Waals surface area contributed by atoms with Gasteiger partial charge < -0.3 is 4.74 Å². The first-order chi connectivity index (χ1) is 12.7. The molecular weight excluding hydrogens is 364 g/mol. The molecule has 0 unspecified atom stereocenters. The second-order valence-corrected chi connectivity index (χ2v) is 9.27. The van der Waals surface area contributed by atoms with Crippen molar-refractivity contribution < 1.29 is 13.2 Å². The van der Waals surface area contributed by atoms with E-state index < -0.39 is 10.2 Å². The standard InChI is InChI=1S/C19H28N4O3S/c1-14-11-22(12-15(2)26-14)27(24,25)21(5)13-19-16(3)20-23(17(19)4)18-9-7-6-8-10-18/h6-10,14-15H,11-13H2,1-5H3/t14-,15-/m1/s1. The van der Waals surface area contributed by atoms with Crippen LogP contribution in [0.1, 0.15) is 30.8 Å². The van der Waals surface area contributed by atoms with E-state index in [1.807, 2.05) is 62.7 Å². The fraction of sp³-hybridized carbons (Fsp3) is 0.526. The van der Waals surface area contributed by atoms with Gasteiger partial charge in [0.2, 0.25) is 0 Å². The van der Waals surface area contributed by atoms with Crippen molar-refractivity contribution >= 4 is 10.2 Å². The molecule has 1 aliphatic rings. The summed E-state index contributed by atoms with van der Waals surface area (Å²) in [5, 5.41) is 4.61. The molecule has 27 heavy (non-hydrogen) atoms. The molecule has 7 nitrogen and oxygen atoms in total. The zero-order chi connectivity index (χ0) is 19.8.